The zero-order valence-electron chi connectivity index (χ0n) is 12.9. The van der Waals surface area contributed by atoms with Crippen molar-refractivity contribution in [2.24, 2.45) is 5.73 Å². The smallest absolute Gasteiger partial charge is 0.327 e. The number of amides is 3. The van der Waals surface area contributed by atoms with Crippen LogP contribution in [0.4, 0.5) is 4.79 Å². The van der Waals surface area contributed by atoms with E-state index in [0.29, 0.717) is 0 Å². The van der Waals surface area contributed by atoms with E-state index in [9.17, 15) is 14.4 Å². The number of esters is 1. The summed E-state index contributed by atoms with van der Waals surface area (Å²) in [5.74, 6) is -1.01. The average Bonchev–Trinajstić information content (AvgIpc) is 2.42. The SMILES string of the molecule is CN1C(=O)N(CC(N)C(=O)OC(C)(C)C)C(=O)C1(C)C. The van der Waals surface area contributed by atoms with Crippen molar-refractivity contribution in [1.82, 2.24) is 9.80 Å². The molecular formula is C13H23N3O4. The number of hydrogen-bond donors (Lipinski definition) is 1. The number of nitrogens with two attached hydrogens (primary N) is 1. The van der Waals surface area contributed by atoms with Gasteiger partial charge in [-0.1, -0.05) is 0 Å². The molecule has 1 saturated heterocycles. The molecule has 1 aliphatic heterocycles. The van der Waals surface area contributed by atoms with Crippen LogP contribution in [-0.2, 0) is 14.3 Å². The average molecular weight is 285 g/mol. The Balaban J connectivity index is 2.77. The van der Waals surface area contributed by atoms with Crippen molar-refractivity contribution in [3.63, 3.8) is 0 Å². The first kappa shape index (κ1) is 16.4. The van der Waals surface area contributed by atoms with E-state index < -0.39 is 29.2 Å². The topological polar surface area (TPSA) is 92.9 Å². The fraction of sp³-hybridized carbons (Fsp3) is 0.769. The van der Waals surface area contributed by atoms with Crippen molar-refractivity contribution in [1.29, 1.82) is 0 Å². The van der Waals surface area contributed by atoms with Gasteiger partial charge in [0.1, 0.15) is 17.2 Å². The largest absolute Gasteiger partial charge is 0.459 e. The van der Waals surface area contributed by atoms with Crippen LogP contribution in [0, 0.1) is 0 Å². The zero-order valence-corrected chi connectivity index (χ0v) is 12.9. The monoisotopic (exact) mass is 285 g/mol. The lowest BCUT2D eigenvalue weighted by molar-refractivity contribution is -0.156. The molecule has 2 N–H and O–H groups in total. The van der Waals surface area contributed by atoms with Gasteiger partial charge in [-0.3, -0.25) is 14.5 Å². The van der Waals surface area contributed by atoms with Crippen LogP contribution in [0.3, 0.4) is 0 Å². The molecule has 114 valence electrons. The predicted molar refractivity (Wildman–Crippen MR) is 72.8 cm³/mol. The van der Waals surface area contributed by atoms with E-state index in [4.69, 9.17) is 10.5 Å². The maximum atomic E-state index is 12.1. The second-order valence-electron chi connectivity index (χ2n) is 6.46. The molecule has 1 atom stereocenters. The highest BCUT2D eigenvalue weighted by Crippen LogP contribution is 2.25. The highest BCUT2D eigenvalue weighted by Gasteiger charge is 2.49. The number of carbonyl (C=O) groups is 3. The lowest BCUT2D eigenvalue weighted by Crippen LogP contribution is -2.48. The minimum Gasteiger partial charge on any atom is -0.459 e. The summed E-state index contributed by atoms with van der Waals surface area (Å²) in [7, 11) is 1.54. The Kier molecular flexibility index (Phi) is 4.14. The van der Waals surface area contributed by atoms with Crippen LogP contribution >= 0.6 is 0 Å². The number of rotatable bonds is 3. The van der Waals surface area contributed by atoms with Gasteiger partial charge in [-0.25, -0.2) is 4.79 Å². The van der Waals surface area contributed by atoms with E-state index in [1.165, 1.54) is 4.90 Å². The second kappa shape index (κ2) is 5.05. The van der Waals surface area contributed by atoms with Crippen molar-refractivity contribution < 1.29 is 19.1 Å². The molecule has 0 radical (unpaired) electrons. The number of ether oxygens (including phenoxy) is 1. The fourth-order valence-corrected chi connectivity index (χ4v) is 1.79. The standard InChI is InChI=1S/C13H23N3O4/c1-12(2,3)20-9(17)8(14)7-16-10(18)13(4,5)15(6)11(16)19/h8H,7,14H2,1-6H3. The summed E-state index contributed by atoms with van der Waals surface area (Å²) in [4.78, 5) is 38.3. The summed E-state index contributed by atoms with van der Waals surface area (Å²) in [6.45, 7) is 8.28. The first-order chi connectivity index (χ1) is 8.88. The van der Waals surface area contributed by atoms with Crippen LogP contribution in [0.15, 0.2) is 0 Å². The van der Waals surface area contributed by atoms with Gasteiger partial charge >= 0.3 is 12.0 Å². The number of carbonyl (C=O) groups excluding carboxylic acids is 3. The molecule has 0 saturated carbocycles. The summed E-state index contributed by atoms with van der Waals surface area (Å²) >= 11 is 0. The maximum Gasteiger partial charge on any atom is 0.327 e. The van der Waals surface area contributed by atoms with Gasteiger partial charge in [-0.15, -0.1) is 0 Å². The third-order valence-corrected chi connectivity index (χ3v) is 3.21. The molecule has 20 heavy (non-hydrogen) atoms. The normalized spacial score (nSPS) is 20.4. The first-order valence-corrected chi connectivity index (χ1v) is 6.46. The minimum absolute atomic E-state index is 0.180. The maximum absolute atomic E-state index is 12.1. The van der Waals surface area contributed by atoms with Gasteiger partial charge in [0, 0.05) is 7.05 Å². The van der Waals surface area contributed by atoms with E-state index >= 15 is 0 Å². The highest BCUT2D eigenvalue weighted by atomic mass is 16.6. The zero-order chi connectivity index (χ0) is 15.9. The number of imide groups is 1. The van der Waals surface area contributed by atoms with Gasteiger partial charge in [0.05, 0.1) is 6.54 Å². The Labute approximate surface area is 119 Å². The number of urea groups is 1. The molecule has 1 unspecified atom stereocenters. The second-order valence-corrected chi connectivity index (χ2v) is 6.46. The quantitative estimate of drug-likeness (QED) is 0.596. The van der Waals surface area contributed by atoms with E-state index in [1.54, 1.807) is 41.7 Å². The predicted octanol–water partition coefficient (Wildman–Crippen LogP) is 0.328. The molecule has 0 aliphatic carbocycles. The third kappa shape index (κ3) is 3.09. The molecule has 1 fully saturated rings. The summed E-state index contributed by atoms with van der Waals surface area (Å²) in [5.41, 5.74) is 4.13. The van der Waals surface area contributed by atoms with E-state index in [2.05, 4.69) is 0 Å². The van der Waals surface area contributed by atoms with Crippen molar-refractivity contribution in [3.8, 4) is 0 Å². The van der Waals surface area contributed by atoms with Crippen LogP contribution in [-0.4, -0.2) is 58.5 Å². The Bertz CT molecular complexity index is 439. The van der Waals surface area contributed by atoms with Gasteiger partial charge < -0.3 is 15.4 Å². The van der Waals surface area contributed by atoms with Gasteiger partial charge in [-0.05, 0) is 34.6 Å². The molecule has 0 aromatic rings. The van der Waals surface area contributed by atoms with E-state index in [-0.39, 0.29) is 12.5 Å². The molecule has 3 amide bonds. The van der Waals surface area contributed by atoms with Crippen molar-refractivity contribution >= 4 is 17.9 Å². The van der Waals surface area contributed by atoms with Gasteiger partial charge in [0.15, 0.2) is 0 Å². The van der Waals surface area contributed by atoms with E-state index in [1.807, 2.05) is 0 Å². The van der Waals surface area contributed by atoms with Gasteiger partial charge in [0.25, 0.3) is 5.91 Å². The lowest BCUT2D eigenvalue weighted by atomic mass is 10.1. The third-order valence-electron chi connectivity index (χ3n) is 3.21. The van der Waals surface area contributed by atoms with Crippen LogP contribution in [0.2, 0.25) is 0 Å². The summed E-state index contributed by atoms with van der Waals surface area (Å²) in [6.07, 6.45) is 0. The summed E-state index contributed by atoms with van der Waals surface area (Å²) in [6, 6.07) is -1.51. The minimum atomic E-state index is -1.05. The molecule has 0 spiro atoms. The Morgan fingerprint density at radius 1 is 1.35 bits per heavy atom. The molecule has 1 aliphatic rings. The van der Waals surface area contributed by atoms with Crippen molar-refractivity contribution in [2.45, 2.75) is 51.8 Å². The molecular weight excluding hydrogens is 262 g/mol. The Hall–Kier alpha value is -1.63. The molecule has 1 rings (SSSR count). The van der Waals surface area contributed by atoms with Crippen LogP contribution in [0.25, 0.3) is 0 Å². The molecule has 7 heteroatoms. The molecule has 1 heterocycles. The Morgan fingerprint density at radius 2 is 1.85 bits per heavy atom. The van der Waals surface area contributed by atoms with Crippen LogP contribution in [0.5, 0.6) is 0 Å². The van der Waals surface area contributed by atoms with Crippen molar-refractivity contribution in [3.05, 3.63) is 0 Å². The first-order valence-electron chi connectivity index (χ1n) is 6.46. The number of nitrogens with zero attached hydrogens (tertiary/aromatic N) is 2. The number of hydrogen-bond acceptors (Lipinski definition) is 5. The van der Waals surface area contributed by atoms with Gasteiger partial charge in [0.2, 0.25) is 0 Å². The van der Waals surface area contributed by atoms with Gasteiger partial charge in [-0.2, -0.15) is 0 Å². The Morgan fingerprint density at radius 3 is 2.20 bits per heavy atom. The fourth-order valence-electron chi connectivity index (χ4n) is 1.79. The molecule has 0 bridgehead atoms. The van der Waals surface area contributed by atoms with Crippen LogP contribution < -0.4 is 5.73 Å². The number of likely N-dealkylation sites (N-methyl/N-ethyl adjacent to an activating group) is 1. The van der Waals surface area contributed by atoms with E-state index in [0.717, 1.165) is 4.90 Å². The molecule has 0 aromatic carbocycles. The molecule has 0 aromatic heterocycles. The lowest BCUT2D eigenvalue weighted by Gasteiger charge is -2.24. The van der Waals surface area contributed by atoms with Crippen LogP contribution in [0.1, 0.15) is 34.6 Å². The summed E-state index contributed by atoms with van der Waals surface area (Å²) < 4.78 is 5.13. The molecule has 7 nitrogen and oxygen atoms in total. The summed E-state index contributed by atoms with van der Waals surface area (Å²) in [5, 5.41) is 0. The highest BCUT2D eigenvalue weighted by molar-refractivity contribution is 6.06. The van der Waals surface area contributed by atoms with Crippen molar-refractivity contribution in [2.75, 3.05) is 13.6 Å².